The van der Waals surface area contributed by atoms with E-state index in [0.29, 0.717) is 29.5 Å². The van der Waals surface area contributed by atoms with Crippen molar-refractivity contribution in [3.8, 4) is 11.5 Å². The largest absolute Gasteiger partial charge is 0.451 e. The number of oxazole rings is 1. The average Bonchev–Trinajstić information content (AvgIpc) is 3.34. The van der Waals surface area contributed by atoms with E-state index < -0.39 is 0 Å². The van der Waals surface area contributed by atoms with Gasteiger partial charge >= 0.3 is 0 Å². The highest BCUT2D eigenvalue weighted by Crippen LogP contribution is 2.28. The molecule has 4 rings (SSSR count). The summed E-state index contributed by atoms with van der Waals surface area (Å²) in [5.74, 6) is 1.77. The summed E-state index contributed by atoms with van der Waals surface area (Å²) in [5, 5.41) is 3.89. The number of anilines is 1. The van der Waals surface area contributed by atoms with Crippen molar-refractivity contribution in [2.75, 3.05) is 19.4 Å². The number of aromatic nitrogens is 1. The van der Waals surface area contributed by atoms with Crippen LogP contribution in [-0.4, -0.2) is 29.9 Å². The molecule has 0 saturated carbocycles. The van der Waals surface area contributed by atoms with Crippen LogP contribution in [0.5, 0.6) is 0 Å². The monoisotopic (exact) mass is 403 g/mol. The number of carbonyl (C=O) groups excluding carboxylic acids is 1. The number of amides is 1. The molecule has 4 aromatic rings. The molecule has 0 unspecified atom stereocenters. The molecule has 154 valence electrons. The molecule has 2 aromatic heterocycles. The van der Waals surface area contributed by atoms with Gasteiger partial charge in [0.1, 0.15) is 11.3 Å². The third-order valence-corrected chi connectivity index (χ3v) is 4.86. The van der Waals surface area contributed by atoms with Crippen molar-refractivity contribution in [1.82, 2.24) is 9.88 Å². The summed E-state index contributed by atoms with van der Waals surface area (Å²) in [7, 11) is 3.94. The molecule has 0 fully saturated rings. The maximum Gasteiger partial charge on any atom is 0.291 e. The predicted molar refractivity (Wildman–Crippen MR) is 118 cm³/mol. The van der Waals surface area contributed by atoms with Gasteiger partial charge in [-0.1, -0.05) is 32.0 Å². The lowest BCUT2D eigenvalue weighted by molar-refractivity contribution is 0.0996. The number of nitrogens with zero attached hydrogens (tertiary/aromatic N) is 2. The standard InChI is InChI=1S/C24H25N3O3/c1-15(2)21-13-25-24(30-21)16-9-11-17(12-10-16)26-23(28)22-19(14-27(3)4)18-7-5-6-8-20(18)29-22/h5-13,15H,14H2,1-4H3,(H,26,28). The van der Waals surface area contributed by atoms with Crippen molar-refractivity contribution in [2.24, 2.45) is 0 Å². The van der Waals surface area contributed by atoms with Crippen LogP contribution in [0.15, 0.2) is 63.6 Å². The first kappa shape index (κ1) is 19.9. The van der Waals surface area contributed by atoms with Crippen LogP contribution in [0.1, 0.15) is 41.6 Å². The lowest BCUT2D eigenvalue weighted by Gasteiger charge is -2.10. The molecule has 2 aromatic carbocycles. The molecular formula is C24H25N3O3. The van der Waals surface area contributed by atoms with Crippen LogP contribution in [0.2, 0.25) is 0 Å². The molecule has 30 heavy (non-hydrogen) atoms. The first-order valence-corrected chi connectivity index (χ1v) is 9.95. The minimum atomic E-state index is -0.269. The number of para-hydroxylation sites is 1. The Kier molecular flexibility index (Phi) is 5.42. The molecule has 0 aliphatic carbocycles. The Balaban J connectivity index is 1.56. The van der Waals surface area contributed by atoms with E-state index in [1.165, 1.54) is 0 Å². The molecule has 0 spiro atoms. The van der Waals surface area contributed by atoms with Gasteiger partial charge in [0.25, 0.3) is 5.91 Å². The molecule has 2 heterocycles. The zero-order valence-corrected chi connectivity index (χ0v) is 17.6. The van der Waals surface area contributed by atoms with Crippen LogP contribution in [0.25, 0.3) is 22.4 Å². The van der Waals surface area contributed by atoms with Gasteiger partial charge in [-0.05, 0) is 44.4 Å². The van der Waals surface area contributed by atoms with E-state index in [-0.39, 0.29) is 11.8 Å². The van der Waals surface area contributed by atoms with Crippen molar-refractivity contribution in [2.45, 2.75) is 26.3 Å². The van der Waals surface area contributed by atoms with E-state index in [4.69, 9.17) is 8.83 Å². The summed E-state index contributed by atoms with van der Waals surface area (Å²) in [6, 6.07) is 15.1. The number of hydrogen-bond donors (Lipinski definition) is 1. The Morgan fingerprint density at radius 3 is 2.47 bits per heavy atom. The quantitative estimate of drug-likeness (QED) is 0.459. The summed E-state index contributed by atoms with van der Waals surface area (Å²) < 4.78 is 11.7. The second-order valence-corrected chi connectivity index (χ2v) is 7.90. The van der Waals surface area contributed by atoms with Crippen LogP contribution in [0, 0.1) is 0 Å². The molecule has 0 radical (unpaired) electrons. The maximum absolute atomic E-state index is 13.0. The van der Waals surface area contributed by atoms with Gasteiger partial charge in [-0.25, -0.2) is 4.98 Å². The number of nitrogens with one attached hydrogen (secondary N) is 1. The molecular weight excluding hydrogens is 378 g/mol. The van der Waals surface area contributed by atoms with Gasteiger partial charge in [-0.2, -0.15) is 0 Å². The second-order valence-electron chi connectivity index (χ2n) is 7.90. The minimum Gasteiger partial charge on any atom is -0.451 e. The number of benzene rings is 2. The van der Waals surface area contributed by atoms with Crippen molar-refractivity contribution >= 4 is 22.6 Å². The number of fused-ring (bicyclic) bond motifs is 1. The second kappa shape index (κ2) is 8.16. The van der Waals surface area contributed by atoms with Gasteiger partial charge in [0.05, 0.1) is 6.20 Å². The summed E-state index contributed by atoms with van der Waals surface area (Å²) in [6.45, 7) is 4.73. The van der Waals surface area contributed by atoms with E-state index >= 15 is 0 Å². The van der Waals surface area contributed by atoms with Crippen molar-refractivity contribution in [3.63, 3.8) is 0 Å². The Hall–Kier alpha value is -3.38. The van der Waals surface area contributed by atoms with Gasteiger partial charge in [-0.15, -0.1) is 0 Å². The third kappa shape index (κ3) is 4.00. The molecule has 0 aliphatic heterocycles. The van der Waals surface area contributed by atoms with Gasteiger partial charge in [-0.3, -0.25) is 4.79 Å². The lowest BCUT2D eigenvalue weighted by Crippen LogP contribution is -2.17. The minimum absolute atomic E-state index is 0.269. The van der Waals surface area contributed by atoms with Crippen LogP contribution in [0.4, 0.5) is 5.69 Å². The fourth-order valence-electron chi connectivity index (χ4n) is 3.33. The SMILES string of the molecule is CC(C)c1cnc(-c2ccc(NC(=O)c3oc4ccccc4c3CN(C)C)cc2)o1. The number of furan rings is 1. The topological polar surface area (TPSA) is 71.5 Å². The molecule has 1 amide bonds. The van der Waals surface area contributed by atoms with Gasteiger partial charge < -0.3 is 19.1 Å². The Labute approximate surface area is 175 Å². The van der Waals surface area contributed by atoms with Gasteiger partial charge in [0, 0.05) is 34.7 Å². The van der Waals surface area contributed by atoms with Gasteiger partial charge in [0.2, 0.25) is 5.89 Å². The molecule has 0 bridgehead atoms. The Morgan fingerprint density at radius 1 is 1.07 bits per heavy atom. The molecule has 0 atom stereocenters. The van der Waals surface area contributed by atoms with Crippen molar-refractivity contribution in [3.05, 3.63) is 71.8 Å². The smallest absolute Gasteiger partial charge is 0.291 e. The maximum atomic E-state index is 13.0. The predicted octanol–water partition coefficient (Wildman–Crippen LogP) is 5.53. The van der Waals surface area contributed by atoms with Crippen molar-refractivity contribution in [1.29, 1.82) is 0 Å². The highest BCUT2D eigenvalue weighted by molar-refractivity contribution is 6.06. The highest BCUT2D eigenvalue weighted by atomic mass is 16.4. The summed E-state index contributed by atoms with van der Waals surface area (Å²) in [6.07, 6.45) is 1.75. The zero-order chi connectivity index (χ0) is 21.3. The summed E-state index contributed by atoms with van der Waals surface area (Å²) in [4.78, 5) is 19.3. The number of carbonyl (C=O) groups is 1. The fraction of sp³-hybridized carbons (Fsp3) is 0.250. The van der Waals surface area contributed by atoms with E-state index in [0.717, 1.165) is 22.3 Å². The number of hydrogen-bond acceptors (Lipinski definition) is 5. The van der Waals surface area contributed by atoms with Crippen molar-refractivity contribution < 1.29 is 13.6 Å². The Bertz CT molecular complexity index is 1170. The molecule has 0 saturated heterocycles. The van der Waals surface area contributed by atoms with Crippen LogP contribution < -0.4 is 5.32 Å². The van der Waals surface area contributed by atoms with Crippen LogP contribution in [-0.2, 0) is 6.54 Å². The first-order valence-electron chi connectivity index (χ1n) is 9.95. The molecule has 6 nitrogen and oxygen atoms in total. The number of rotatable bonds is 6. The third-order valence-electron chi connectivity index (χ3n) is 4.86. The Morgan fingerprint density at radius 2 is 1.80 bits per heavy atom. The summed E-state index contributed by atoms with van der Waals surface area (Å²) >= 11 is 0. The van der Waals surface area contributed by atoms with E-state index in [1.807, 2.05) is 67.5 Å². The lowest BCUT2D eigenvalue weighted by atomic mass is 10.1. The molecule has 1 N–H and O–H groups in total. The van der Waals surface area contributed by atoms with Gasteiger partial charge in [0.15, 0.2) is 5.76 Å². The van der Waals surface area contributed by atoms with E-state index in [9.17, 15) is 4.79 Å². The first-order chi connectivity index (χ1) is 14.4. The summed E-state index contributed by atoms with van der Waals surface area (Å²) in [5.41, 5.74) is 3.12. The van der Waals surface area contributed by atoms with E-state index in [1.54, 1.807) is 6.20 Å². The van der Waals surface area contributed by atoms with Crippen LogP contribution in [0.3, 0.4) is 0 Å². The average molecular weight is 403 g/mol. The highest BCUT2D eigenvalue weighted by Gasteiger charge is 2.21. The van der Waals surface area contributed by atoms with Crippen LogP contribution >= 0.6 is 0 Å². The molecule has 0 aliphatic rings. The normalized spacial score (nSPS) is 11.5. The van der Waals surface area contributed by atoms with E-state index in [2.05, 4.69) is 24.1 Å². The molecule has 6 heteroatoms. The zero-order valence-electron chi connectivity index (χ0n) is 17.6. The fourth-order valence-corrected chi connectivity index (χ4v) is 3.33.